The molecule has 0 aliphatic rings. The van der Waals surface area contributed by atoms with E-state index in [9.17, 15) is 24.1 Å². The summed E-state index contributed by atoms with van der Waals surface area (Å²) < 4.78 is 17.7. The molecule has 0 atom stereocenters. The number of nitro benzene ring substituents is 1. The second-order valence-electron chi connectivity index (χ2n) is 4.49. The third-order valence-electron chi connectivity index (χ3n) is 2.53. The molecule has 20 heavy (non-hydrogen) atoms. The molecule has 0 unspecified atom stereocenters. The molecule has 1 rings (SSSR count). The summed E-state index contributed by atoms with van der Waals surface area (Å²) in [6, 6.07) is 2.71. The summed E-state index contributed by atoms with van der Waals surface area (Å²) >= 11 is 0. The largest absolute Gasteiger partial charge is 0.467 e. The zero-order valence-electron chi connectivity index (χ0n) is 11.1. The summed E-state index contributed by atoms with van der Waals surface area (Å²) in [5, 5.41) is 12.9. The average Bonchev–Trinajstić information content (AvgIpc) is 2.37. The van der Waals surface area contributed by atoms with Crippen molar-refractivity contribution in [3.05, 3.63) is 39.7 Å². The van der Waals surface area contributed by atoms with Gasteiger partial charge in [0, 0.05) is 11.6 Å². The molecule has 108 valence electrons. The number of carbonyl (C=O) groups excluding carboxylic acids is 2. The van der Waals surface area contributed by atoms with Gasteiger partial charge in [0.15, 0.2) is 0 Å². The van der Waals surface area contributed by atoms with E-state index in [1.807, 2.05) is 0 Å². The lowest BCUT2D eigenvalue weighted by Gasteiger charge is -2.22. The molecule has 0 heterocycles. The molecule has 8 heteroatoms. The van der Waals surface area contributed by atoms with Crippen LogP contribution in [0.25, 0.3) is 0 Å². The summed E-state index contributed by atoms with van der Waals surface area (Å²) in [6.45, 7) is 2.82. The Morgan fingerprint density at radius 1 is 1.40 bits per heavy atom. The molecule has 0 saturated carbocycles. The molecular formula is C12H13FN2O5. The number of carbonyl (C=O) groups is 2. The zero-order valence-corrected chi connectivity index (χ0v) is 11.1. The van der Waals surface area contributed by atoms with Crippen molar-refractivity contribution < 1.29 is 23.6 Å². The summed E-state index contributed by atoms with van der Waals surface area (Å²) in [5.41, 5.74) is -2.25. The topological polar surface area (TPSA) is 98.5 Å². The lowest BCUT2D eigenvalue weighted by Crippen LogP contribution is -2.50. The van der Waals surface area contributed by atoms with E-state index in [-0.39, 0.29) is 5.56 Å². The van der Waals surface area contributed by atoms with Gasteiger partial charge in [-0.05, 0) is 26.0 Å². The van der Waals surface area contributed by atoms with Crippen molar-refractivity contribution in [3.8, 4) is 0 Å². The number of esters is 1. The molecule has 0 bridgehead atoms. The number of nitrogens with one attached hydrogen (secondary N) is 1. The molecule has 1 aromatic rings. The Kier molecular flexibility index (Phi) is 4.38. The van der Waals surface area contributed by atoms with Crippen molar-refractivity contribution >= 4 is 17.6 Å². The van der Waals surface area contributed by atoms with Gasteiger partial charge in [-0.2, -0.15) is 4.39 Å². The molecule has 0 saturated heterocycles. The minimum atomic E-state index is -1.31. The number of methoxy groups -OCH3 is 1. The Labute approximate surface area is 113 Å². The number of halogens is 1. The first-order chi connectivity index (χ1) is 9.19. The van der Waals surface area contributed by atoms with Gasteiger partial charge in [-0.3, -0.25) is 14.9 Å². The minimum absolute atomic E-state index is 0.130. The van der Waals surface area contributed by atoms with Gasteiger partial charge in [0.2, 0.25) is 5.82 Å². The van der Waals surface area contributed by atoms with Crippen LogP contribution in [0.4, 0.5) is 10.1 Å². The number of hydrogen-bond acceptors (Lipinski definition) is 5. The van der Waals surface area contributed by atoms with Crippen LogP contribution in [0.5, 0.6) is 0 Å². The van der Waals surface area contributed by atoms with Gasteiger partial charge < -0.3 is 10.1 Å². The number of nitro groups is 1. The van der Waals surface area contributed by atoms with Crippen LogP contribution in [0.1, 0.15) is 24.2 Å². The van der Waals surface area contributed by atoms with Gasteiger partial charge in [0.05, 0.1) is 12.0 Å². The molecular weight excluding hydrogens is 271 g/mol. The van der Waals surface area contributed by atoms with Crippen LogP contribution in [0.2, 0.25) is 0 Å². The zero-order chi connectivity index (χ0) is 15.5. The minimum Gasteiger partial charge on any atom is -0.467 e. The van der Waals surface area contributed by atoms with Crippen molar-refractivity contribution in [1.82, 2.24) is 5.32 Å². The van der Waals surface area contributed by atoms with E-state index in [4.69, 9.17) is 0 Å². The van der Waals surface area contributed by atoms with E-state index in [2.05, 4.69) is 10.1 Å². The first kappa shape index (κ1) is 15.5. The van der Waals surface area contributed by atoms with Crippen molar-refractivity contribution in [2.24, 2.45) is 0 Å². The molecule has 0 spiro atoms. The number of benzene rings is 1. The highest BCUT2D eigenvalue weighted by molar-refractivity contribution is 5.98. The smallest absolute Gasteiger partial charge is 0.330 e. The molecule has 1 aromatic carbocycles. The van der Waals surface area contributed by atoms with E-state index in [1.165, 1.54) is 21.0 Å². The first-order valence-corrected chi connectivity index (χ1v) is 5.54. The van der Waals surface area contributed by atoms with Crippen molar-refractivity contribution in [2.45, 2.75) is 19.4 Å². The van der Waals surface area contributed by atoms with E-state index in [1.54, 1.807) is 0 Å². The van der Waals surface area contributed by atoms with Crippen LogP contribution in [0.3, 0.4) is 0 Å². The molecule has 1 amide bonds. The van der Waals surface area contributed by atoms with Crippen LogP contribution in [0.15, 0.2) is 18.2 Å². The van der Waals surface area contributed by atoms with Crippen molar-refractivity contribution in [1.29, 1.82) is 0 Å². The maximum atomic E-state index is 13.2. The Bertz CT molecular complexity index is 571. The second kappa shape index (κ2) is 5.64. The Hall–Kier alpha value is -2.51. The number of hydrogen-bond donors (Lipinski definition) is 1. The molecule has 7 nitrogen and oxygen atoms in total. The third kappa shape index (κ3) is 3.28. The highest BCUT2D eigenvalue weighted by atomic mass is 19.1. The van der Waals surface area contributed by atoms with Gasteiger partial charge in [-0.1, -0.05) is 0 Å². The lowest BCUT2D eigenvalue weighted by molar-refractivity contribution is -0.387. The van der Waals surface area contributed by atoms with Crippen molar-refractivity contribution in [3.63, 3.8) is 0 Å². The predicted molar refractivity (Wildman–Crippen MR) is 66.6 cm³/mol. The van der Waals surface area contributed by atoms with Crippen LogP contribution >= 0.6 is 0 Å². The van der Waals surface area contributed by atoms with Crippen LogP contribution < -0.4 is 5.32 Å². The highest BCUT2D eigenvalue weighted by Crippen LogP contribution is 2.19. The highest BCUT2D eigenvalue weighted by Gasteiger charge is 2.31. The Morgan fingerprint density at radius 2 is 2.00 bits per heavy atom. The summed E-state index contributed by atoms with van der Waals surface area (Å²) in [5.74, 6) is -2.47. The summed E-state index contributed by atoms with van der Waals surface area (Å²) in [4.78, 5) is 33.0. The quantitative estimate of drug-likeness (QED) is 0.512. The standard InChI is InChI=1S/C12H13FN2O5/c1-12(2,11(17)20-3)14-10(16)7-4-5-8(13)9(6-7)15(18)19/h4-6H,1-3H3,(H,14,16). The molecule has 0 aliphatic heterocycles. The van der Waals surface area contributed by atoms with Crippen molar-refractivity contribution in [2.75, 3.05) is 7.11 Å². The van der Waals surface area contributed by atoms with E-state index < -0.39 is 33.8 Å². The van der Waals surface area contributed by atoms with Crippen LogP contribution in [-0.2, 0) is 9.53 Å². The monoisotopic (exact) mass is 284 g/mol. The lowest BCUT2D eigenvalue weighted by atomic mass is 10.0. The third-order valence-corrected chi connectivity index (χ3v) is 2.53. The molecule has 0 aliphatic carbocycles. The number of amides is 1. The predicted octanol–water partition coefficient (Wildman–Crippen LogP) is 1.42. The van der Waals surface area contributed by atoms with Gasteiger partial charge in [0.1, 0.15) is 5.54 Å². The fraction of sp³-hybridized carbons (Fsp3) is 0.333. The number of nitrogens with zero attached hydrogens (tertiary/aromatic N) is 1. The molecule has 0 radical (unpaired) electrons. The molecule has 1 N–H and O–H groups in total. The summed E-state index contributed by atoms with van der Waals surface area (Å²) in [6.07, 6.45) is 0. The van der Waals surface area contributed by atoms with Gasteiger partial charge in [-0.25, -0.2) is 4.79 Å². The molecule has 0 aromatic heterocycles. The van der Waals surface area contributed by atoms with E-state index >= 15 is 0 Å². The van der Waals surface area contributed by atoms with Crippen LogP contribution in [-0.4, -0.2) is 29.4 Å². The fourth-order valence-corrected chi connectivity index (χ4v) is 1.46. The normalized spacial score (nSPS) is 10.8. The van der Waals surface area contributed by atoms with Gasteiger partial charge >= 0.3 is 11.7 Å². The number of rotatable bonds is 4. The fourth-order valence-electron chi connectivity index (χ4n) is 1.46. The average molecular weight is 284 g/mol. The van der Waals surface area contributed by atoms with E-state index in [0.717, 1.165) is 18.2 Å². The van der Waals surface area contributed by atoms with Gasteiger partial charge in [-0.15, -0.1) is 0 Å². The molecule has 0 fully saturated rings. The Balaban J connectivity index is 3.02. The summed E-state index contributed by atoms with van der Waals surface area (Å²) in [7, 11) is 1.17. The Morgan fingerprint density at radius 3 is 2.50 bits per heavy atom. The maximum absolute atomic E-state index is 13.2. The maximum Gasteiger partial charge on any atom is 0.330 e. The van der Waals surface area contributed by atoms with Gasteiger partial charge in [0.25, 0.3) is 5.91 Å². The number of ether oxygens (including phenoxy) is 1. The van der Waals surface area contributed by atoms with E-state index in [0.29, 0.717) is 0 Å². The van der Waals surface area contributed by atoms with Crippen LogP contribution in [0, 0.1) is 15.9 Å². The second-order valence-corrected chi connectivity index (χ2v) is 4.49. The SMILES string of the molecule is COC(=O)C(C)(C)NC(=O)c1ccc(F)c([N+](=O)[O-])c1. The first-order valence-electron chi connectivity index (χ1n) is 5.54.